The average Bonchev–Trinajstić information content (AvgIpc) is 2.83. The van der Waals surface area contributed by atoms with Crippen molar-refractivity contribution in [2.45, 2.75) is 6.54 Å². The molecular weight excluding hydrogens is 396 g/mol. The Kier molecular flexibility index (Phi) is 7.73. The van der Waals surface area contributed by atoms with E-state index < -0.39 is 0 Å². The van der Waals surface area contributed by atoms with Gasteiger partial charge in [-0.25, -0.2) is 0 Å². The number of rotatable bonds is 9. The van der Waals surface area contributed by atoms with Crippen LogP contribution in [0.5, 0.6) is 0 Å². The lowest BCUT2D eigenvalue weighted by Gasteiger charge is -2.36. The highest BCUT2D eigenvalue weighted by atomic mass is 15.3. The molecule has 0 bridgehead atoms. The summed E-state index contributed by atoms with van der Waals surface area (Å²) in [6.45, 7) is 16.5. The second kappa shape index (κ2) is 10.7. The van der Waals surface area contributed by atoms with Gasteiger partial charge in [-0.05, 0) is 29.8 Å². The average molecular weight is 431 g/mol. The fourth-order valence-electron chi connectivity index (χ4n) is 4.03. The summed E-state index contributed by atoms with van der Waals surface area (Å²) < 4.78 is 0. The summed E-state index contributed by atoms with van der Waals surface area (Å²) in [6, 6.07) is 10.6. The van der Waals surface area contributed by atoms with Gasteiger partial charge in [0.25, 0.3) is 0 Å². The number of nitrogens with one attached hydrogen (secondary N) is 2. The number of benzene rings is 1. The molecule has 4 N–H and O–H groups in total. The molecule has 1 aliphatic rings. The zero-order valence-electron chi connectivity index (χ0n) is 19.2. The first kappa shape index (κ1) is 23.2. The van der Waals surface area contributed by atoms with Gasteiger partial charge in [-0.1, -0.05) is 37.9 Å². The van der Waals surface area contributed by atoms with Crippen LogP contribution in [0, 0.1) is 0 Å². The number of anilines is 2. The molecule has 168 valence electrons. The number of pyridine rings is 1. The van der Waals surface area contributed by atoms with Crippen LogP contribution in [0.2, 0.25) is 0 Å². The van der Waals surface area contributed by atoms with Crippen LogP contribution in [0.25, 0.3) is 11.3 Å². The number of hydrogen-bond donors (Lipinski definition) is 3. The summed E-state index contributed by atoms with van der Waals surface area (Å²) in [5.41, 5.74) is 13.5. The smallest absolute Gasteiger partial charge is 0.0854 e. The van der Waals surface area contributed by atoms with E-state index in [4.69, 9.17) is 5.73 Å². The highest BCUT2D eigenvalue weighted by Gasteiger charge is 2.18. The Balaban J connectivity index is 1.67. The molecule has 2 heterocycles. The molecule has 6 nitrogen and oxygen atoms in total. The van der Waals surface area contributed by atoms with Crippen LogP contribution in [0.4, 0.5) is 11.4 Å². The maximum Gasteiger partial charge on any atom is 0.0854 e. The summed E-state index contributed by atoms with van der Waals surface area (Å²) in [5.74, 6) is 0. The van der Waals surface area contributed by atoms with E-state index in [1.165, 1.54) is 5.56 Å². The van der Waals surface area contributed by atoms with Gasteiger partial charge in [0, 0.05) is 69.3 Å². The summed E-state index contributed by atoms with van der Waals surface area (Å²) in [7, 11) is 3.85. The molecule has 3 rings (SSSR count). The van der Waals surface area contributed by atoms with E-state index in [2.05, 4.69) is 69.4 Å². The van der Waals surface area contributed by atoms with Crippen molar-refractivity contribution >= 4 is 22.6 Å². The predicted octanol–water partition coefficient (Wildman–Crippen LogP) is 3.68. The second-order valence-corrected chi connectivity index (χ2v) is 7.81. The van der Waals surface area contributed by atoms with Crippen LogP contribution in [-0.2, 0) is 6.54 Å². The van der Waals surface area contributed by atoms with Gasteiger partial charge in [-0.3, -0.25) is 9.88 Å². The third kappa shape index (κ3) is 5.21. The number of piperazine rings is 1. The van der Waals surface area contributed by atoms with Crippen molar-refractivity contribution in [3.05, 3.63) is 90.9 Å². The minimum absolute atomic E-state index is 0.496. The van der Waals surface area contributed by atoms with E-state index in [-0.39, 0.29) is 0 Å². The summed E-state index contributed by atoms with van der Waals surface area (Å²) in [4.78, 5) is 9.26. The van der Waals surface area contributed by atoms with E-state index in [1.807, 2.05) is 38.5 Å². The Morgan fingerprint density at radius 3 is 2.38 bits per heavy atom. The third-order valence-electron chi connectivity index (χ3n) is 5.83. The summed E-state index contributed by atoms with van der Waals surface area (Å²) in [5, 5.41) is 6.53. The van der Waals surface area contributed by atoms with Crippen molar-refractivity contribution in [1.29, 1.82) is 0 Å². The molecule has 0 radical (unpaired) electrons. The van der Waals surface area contributed by atoms with Crippen LogP contribution in [0.1, 0.15) is 16.8 Å². The molecule has 0 atom stereocenters. The lowest BCUT2D eigenvalue weighted by Crippen LogP contribution is -2.46. The van der Waals surface area contributed by atoms with Gasteiger partial charge in [0.1, 0.15) is 0 Å². The number of allylic oxidation sites excluding steroid dienone is 3. The summed E-state index contributed by atoms with van der Waals surface area (Å²) >= 11 is 0. The van der Waals surface area contributed by atoms with Crippen LogP contribution in [0.3, 0.4) is 0 Å². The first-order valence-electron chi connectivity index (χ1n) is 10.9. The molecule has 2 aromatic rings. The number of likely N-dealkylation sites (N-methyl/N-ethyl adjacent to an activating group) is 1. The molecule has 1 aromatic carbocycles. The van der Waals surface area contributed by atoms with Gasteiger partial charge in [0.15, 0.2) is 0 Å². The van der Waals surface area contributed by atoms with E-state index >= 15 is 0 Å². The SMILES string of the molecule is C=C/C(NC)=C(/C=C)c1ccc(CN2CCN(c3ccc(C(=C)N)nc3)CC2)cc1NC. The first-order chi connectivity index (χ1) is 15.5. The minimum Gasteiger partial charge on any atom is -0.397 e. The van der Waals surface area contributed by atoms with Gasteiger partial charge < -0.3 is 21.3 Å². The van der Waals surface area contributed by atoms with Crippen molar-refractivity contribution < 1.29 is 0 Å². The van der Waals surface area contributed by atoms with E-state index in [0.717, 1.165) is 66.6 Å². The molecule has 1 aromatic heterocycles. The minimum atomic E-state index is 0.496. The highest BCUT2D eigenvalue weighted by molar-refractivity contribution is 5.84. The van der Waals surface area contributed by atoms with Crippen LogP contribution >= 0.6 is 0 Å². The zero-order valence-corrected chi connectivity index (χ0v) is 19.2. The maximum atomic E-state index is 5.72. The second-order valence-electron chi connectivity index (χ2n) is 7.81. The monoisotopic (exact) mass is 430 g/mol. The molecule has 1 saturated heterocycles. The van der Waals surface area contributed by atoms with Gasteiger partial charge in [-0.2, -0.15) is 0 Å². The summed E-state index contributed by atoms with van der Waals surface area (Å²) in [6.07, 6.45) is 5.57. The van der Waals surface area contributed by atoms with Gasteiger partial charge >= 0.3 is 0 Å². The topological polar surface area (TPSA) is 69.5 Å². The van der Waals surface area contributed by atoms with Crippen LogP contribution in [0.15, 0.2) is 74.1 Å². The molecule has 1 fully saturated rings. The quantitative estimate of drug-likeness (QED) is 0.528. The zero-order chi connectivity index (χ0) is 23.1. The molecule has 1 aliphatic heterocycles. The van der Waals surface area contributed by atoms with Crippen LogP contribution in [-0.4, -0.2) is 50.2 Å². The Labute approximate surface area is 191 Å². The van der Waals surface area contributed by atoms with Crippen molar-refractivity contribution in [2.24, 2.45) is 5.73 Å². The lowest BCUT2D eigenvalue weighted by atomic mass is 9.99. The standard InChI is InChI=1S/C26H34N6/c1-6-22(24(7-2)28-4)23-10-8-20(16-26(23)29-5)18-31-12-14-32(15-13-31)21-9-11-25(19(3)27)30-17-21/h6-11,16-17,28-29H,1-3,12-15,18,27H2,4-5H3/b24-22+. The number of aromatic nitrogens is 1. The van der Waals surface area contributed by atoms with E-state index in [1.54, 1.807) is 0 Å². The number of hydrogen-bond acceptors (Lipinski definition) is 6. The van der Waals surface area contributed by atoms with Crippen molar-refractivity contribution in [3.8, 4) is 0 Å². The van der Waals surface area contributed by atoms with Crippen LogP contribution < -0.4 is 21.3 Å². The lowest BCUT2D eigenvalue weighted by molar-refractivity contribution is 0.250. The molecule has 0 unspecified atom stereocenters. The maximum absolute atomic E-state index is 5.72. The van der Waals surface area contributed by atoms with E-state index in [0.29, 0.717) is 5.70 Å². The Bertz CT molecular complexity index is 997. The van der Waals surface area contributed by atoms with Crippen molar-refractivity contribution in [1.82, 2.24) is 15.2 Å². The molecule has 6 heteroatoms. The largest absolute Gasteiger partial charge is 0.397 e. The first-order valence-corrected chi connectivity index (χ1v) is 10.9. The van der Waals surface area contributed by atoms with Crippen molar-refractivity contribution in [2.75, 3.05) is 50.5 Å². The van der Waals surface area contributed by atoms with Gasteiger partial charge in [0.2, 0.25) is 0 Å². The van der Waals surface area contributed by atoms with Gasteiger partial charge in [0.05, 0.1) is 23.3 Å². The van der Waals surface area contributed by atoms with Crippen molar-refractivity contribution in [3.63, 3.8) is 0 Å². The molecule has 0 spiro atoms. The Hall–Kier alpha value is -3.51. The molecule has 0 saturated carbocycles. The fourth-order valence-corrected chi connectivity index (χ4v) is 4.03. The van der Waals surface area contributed by atoms with E-state index in [9.17, 15) is 0 Å². The Morgan fingerprint density at radius 1 is 1.09 bits per heavy atom. The number of nitrogens with two attached hydrogens (primary N) is 1. The molecular formula is C26H34N6. The molecule has 32 heavy (non-hydrogen) atoms. The third-order valence-corrected chi connectivity index (χ3v) is 5.83. The number of nitrogens with zero attached hydrogens (tertiary/aromatic N) is 3. The molecule has 0 aliphatic carbocycles. The fraction of sp³-hybridized carbons (Fsp3) is 0.269. The highest BCUT2D eigenvalue weighted by Crippen LogP contribution is 2.29. The normalized spacial score (nSPS) is 15.0. The van der Waals surface area contributed by atoms with Gasteiger partial charge in [-0.15, -0.1) is 0 Å². The molecule has 0 amide bonds. The Morgan fingerprint density at radius 2 is 1.84 bits per heavy atom. The predicted molar refractivity (Wildman–Crippen MR) is 137 cm³/mol.